The van der Waals surface area contributed by atoms with Crippen LogP contribution in [0.1, 0.15) is 18.4 Å². The molecule has 0 atom stereocenters. The van der Waals surface area contributed by atoms with Crippen LogP contribution < -0.4 is 10.2 Å². The van der Waals surface area contributed by atoms with Crippen molar-refractivity contribution in [2.24, 2.45) is 5.92 Å². The number of sulfone groups is 1. The number of carbonyl (C=O) groups is 1. The van der Waals surface area contributed by atoms with Gasteiger partial charge in [0.25, 0.3) is 0 Å². The average molecular weight is 435 g/mol. The Morgan fingerprint density at radius 2 is 1.83 bits per heavy atom. The van der Waals surface area contributed by atoms with Gasteiger partial charge in [0, 0.05) is 31.8 Å². The number of carbonyl (C=O) groups excluding carboxylic acids is 1. The van der Waals surface area contributed by atoms with Crippen molar-refractivity contribution in [2.75, 3.05) is 24.2 Å². The van der Waals surface area contributed by atoms with Crippen LogP contribution in [-0.2, 0) is 21.2 Å². The number of rotatable bonds is 6. The predicted octanol–water partition coefficient (Wildman–Crippen LogP) is 2.67. The molecule has 1 aliphatic rings. The van der Waals surface area contributed by atoms with Gasteiger partial charge in [-0.15, -0.1) is 0 Å². The molecule has 1 aliphatic heterocycles. The van der Waals surface area contributed by atoms with Crippen molar-refractivity contribution >= 4 is 27.1 Å². The highest BCUT2D eigenvalue weighted by Crippen LogP contribution is 2.36. The Morgan fingerprint density at radius 1 is 1.20 bits per heavy atom. The molecule has 1 saturated heterocycles. The van der Waals surface area contributed by atoms with Crippen molar-refractivity contribution in [3.63, 3.8) is 0 Å². The molecule has 2 aromatic carbocycles. The van der Waals surface area contributed by atoms with Gasteiger partial charge in [-0.2, -0.15) is 0 Å². The molecule has 8 nitrogen and oxygen atoms in total. The summed E-state index contributed by atoms with van der Waals surface area (Å²) >= 11 is 0. The maximum Gasteiger partial charge on any atom is 0.311 e. The summed E-state index contributed by atoms with van der Waals surface area (Å²) in [5.74, 6) is -0.719. The Balaban J connectivity index is 1.66. The lowest BCUT2D eigenvalue weighted by Crippen LogP contribution is -2.40. The van der Waals surface area contributed by atoms with E-state index in [0.717, 1.165) is 11.8 Å². The number of amides is 1. The monoisotopic (exact) mass is 435 g/mol. The normalized spacial score (nSPS) is 15.1. The summed E-state index contributed by atoms with van der Waals surface area (Å²) in [5.41, 5.74) is 0.600. The first kappa shape index (κ1) is 21.7. The Kier molecular flexibility index (Phi) is 6.35. The Labute approximate surface area is 173 Å². The van der Waals surface area contributed by atoms with Gasteiger partial charge < -0.3 is 10.2 Å². The number of nitro benzene ring substituents is 1. The van der Waals surface area contributed by atoms with Gasteiger partial charge in [-0.1, -0.05) is 18.2 Å². The fourth-order valence-corrected chi connectivity index (χ4v) is 4.42. The van der Waals surface area contributed by atoms with E-state index in [1.165, 1.54) is 30.3 Å². The molecule has 3 rings (SSSR count). The van der Waals surface area contributed by atoms with E-state index in [-0.39, 0.29) is 28.2 Å². The van der Waals surface area contributed by atoms with E-state index >= 15 is 0 Å². The number of nitro groups is 1. The number of para-hydroxylation sites is 1. The minimum Gasteiger partial charge on any atom is -0.366 e. The summed E-state index contributed by atoms with van der Waals surface area (Å²) in [5, 5.41) is 14.4. The van der Waals surface area contributed by atoms with Crippen molar-refractivity contribution in [1.29, 1.82) is 0 Å². The fraction of sp³-hybridized carbons (Fsp3) is 0.350. The molecule has 0 aliphatic carbocycles. The maximum atomic E-state index is 13.0. The number of benzene rings is 2. The minimum atomic E-state index is -3.76. The highest BCUT2D eigenvalue weighted by molar-refractivity contribution is 7.90. The molecule has 1 fully saturated rings. The maximum absolute atomic E-state index is 13.0. The molecule has 0 saturated carbocycles. The second-order valence-corrected chi connectivity index (χ2v) is 9.24. The van der Waals surface area contributed by atoms with Gasteiger partial charge in [0.15, 0.2) is 9.84 Å². The van der Waals surface area contributed by atoms with Crippen molar-refractivity contribution in [3.8, 4) is 0 Å². The Morgan fingerprint density at radius 3 is 2.40 bits per heavy atom. The highest BCUT2D eigenvalue weighted by atomic mass is 32.2. The topological polar surface area (TPSA) is 110 Å². The van der Waals surface area contributed by atoms with Crippen LogP contribution in [0.15, 0.2) is 47.4 Å². The summed E-state index contributed by atoms with van der Waals surface area (Å²) in [4.78, 5) is 24.8. The Bertz CT molecular complexity index is 1050. The van der Waals surface area contributed by atoms with Crippen LogP contribution in [0, 0.1) is 21.8 Å². The molecule has 160 valence electrons. The molecule has 1 N–H and O–H groups in total. The van der Waals surface area contributed by atoms with Crippen LogP contribution in [0.3, 0.4) is 0 Å². The summed E-state index contributed by atoms with van der Waals surface area (Å²) in [6.45, 7) is 1.08. The molecular formula is C20H22FN3O5S. The van der Waals surface area contributed by atoms with Gasteiger partial charge >= 0.3 is 5.69 Å². The molecule has 10 heteroatoms. The van der Waals surface area contributed by atoms with Gasteiger partial charge in [0.05, 0.1) is 4.92 Å². The van der Waals surface area contributed by atoms with Gasteiger partial charge in [0.1, 0.15) is 16.4 Å². The lowest BCUT2D eigenvalue weighted by molar-refractivity contribution is -0.387. The van der Waals surface area contributed by atoms with Gasteiger partial charge in [-0.25, -0.2) is 12.8 Å². The number of nitrogens with one attached hydrogen (secondary N) is 1. The lowest BCUT2D eigenvalue weighted by atomic mass is 9.95. The minimum absolute atomic E-state index is 0.127. The van der Waals surface area contributed by atoms with Crippen molar-refractivity contribution < 1.29 is 22.5 Å². The molecule has 0 radical (unpaired) electrons. The van der Waals surface area contributed by atoms with Gasteiger partial charge in [-0.3, -0.25) is 14.9 Å². The standard InChI is InChI=1S/C20H22FN3O5S/c1-30(28,29)18-4-2-3-17(19(18)24(26)27)23-11-9-15(10-12-23)20(25)22-13-14-5-7-16(21)8-6-14/h2-8,15H,9-13H2,1H3,(H,22,25). The van der Waals surface area contributed by atoms with E-state index in [9.17, 15) is 27.7 Å². The van der Waals surface area contributed by atoms with Crippen molar-refractivity contribution in [1.82, 2.24) is 5.32 Å². The van der Waals surface area contributed by atoms with Gasteiger partial charge in [0.2, 0.25) is 5.91 Å². The first-order valence-corrected chi connectivity index (χ1v) is 11.3. The van der Waals surface area contributed by atoms with E-state index in [1.807, 2.05) is 0 Å². The molecule has 1 amide bonds. The van der Waals surface area contributed by atoms with Crippen molar-refractivity contribution in [2.45, 2.75) is 24.3 Å². The summed E-state index contributed by atoms with van der Waals surface area (Å²) in [6, 6.07) is 10.1. The lowest BCUT2D eigenvalue weighted by Gasteiger charge is -2.32. The fourth-order valence-electron chi connectivity index (χ4n) is 3.57. The zero-order valence-corrected chi connectivity index (χ0v) is 17.2. The van der Waals surface area contributed by atoms with E-state index in [2.05, 4.69) is 5.32 Å². The van der Waals surface area contributed by atoms with E-state index in [4.69, 9.17) is 0 Å². The third kappa shape index (κ3) is 4.93. The molecule has 0 aromatic heterocycles. The second-order valence-electron chi connectivity index (χ2n) is 7.26. The largest absolute Gasteiger partial charge is 0.366 e. The molecule has 2 aromatic rings. The number of piperidine rings is 1. The van der Waals surface area contributed by atoms with Crippen LogP contribution in [0.4, 0.5) is 15.8 Å². The third-order valence-corrected chi connectivity index (χ3v) is 6.27. The number of halogens is 1. The number of nitrogens with zero attached hydrogens (tertiary/aromatic N) is 2. The zero-order valence-electron chi connectivity index (χ0n) is 16.4. The molecule has 0 bridgehead atoms. The quantitative estimate of drug-likeness (QED) is 0.552. The highest BCUT2D eigenvalue weighted by Gasteiger charge is 2.32. The van der Waals surface area contributed by atoms with Crippen LogP contribution in [0.25, 0.3) is 0 Å². The zero-order chi connectivity index (χ0) is 21.9. The third-order valence-electron chi connectivity index (χ3n) is 5.15. The molecular weight excluding hydrogens is 413 g/mol. The summed E-state index contributed by atoms with van der Waals surface area (Å²) in [6.07, 6.45) is 1.90. The molecule has 1 heterocycles. The van der Waals surface area contributed by atoms with Crippen LogP contribution in [0.2, 0.25) is 0 Å². The van der Waals surface area contributed by atoms with E-state index in [0.29, 0.717) is 32.5 Å². The van der Waals surface area contributed by atoms with Crippen LogP contribution in [-0.4, -0.2) is 38.6 Å². The molecule has 0 unspecified atom stereocenters. The van der Waals surface area contributed by atoms with E-state index < -0.39 is 20.4 Å². The van der Waals surface area contributed by atoms with Gasteiger partial charge in [-0.05, 0) is 42.7 Å². The number of anilines is 1. The van der Waals surface area contributed by atoms with Crippen LogP contribution >= 0.6 is 0 Å². The first-order valence-electron chi connectivity index (χ1n) is 9.41. The molecule has 0 spiro atoms. The van der Waals surface area contributed by atoms with E-state index in [1.54, 1.807) is 17.0 Å². The second kappa shape index (κ2) is 8.78. The predicted molar refractivity (Wildman–Crippen MR) is 109 cm³/mol. The van der Waals surface area contributed by atoms with Crippen LogP contribution in [0.5, 0.6) is 0 Å². The molecule has 30 heavy (non-hydrogen) atoms. The first-order chi connectivity index (χ1) is 14.2. The smallest absolute Gasteiger partial charge is 0.311 e. The Hall–Kier alpha value is -3.01. The SMILES string of the molecule is CS(=O)(=O)c1cccc(N2CCC(C(=O)NCc3ccc(F)cc3)CC2)c1[N+](=O)[O-]. The number of hydrogen-bond acceptors (Lipinski definition) is 6. The summed E-state index contributed by atoms with van der Waals surface area (Å²) < 4.78 is 36.8. The van der Waals surface area contributed by atoms with Crippen molar-refractivity contribution in [3.05, 3.63) is 64.0 Å². The average Bonchev–Trinajstić information content (AvgIpc) is 2.72. The number of hydrogen-bond donors (Lipinski definition) is 1. The summed E-state index contributed by atoms with van der Waals surface area (Å²) in [7, 11) is -3.76.